The summed E-state index contributed by atoms with van der Waals surface area (Å²) in [6, 6.07) is 9.80. The zero-order valence-corrected chi connectivity index (χ0v) is 18.2. The summed E-state index contributed by atoms with van der Waals surface area (Å²) in [6.45, 7) is 7.92. The van der Waals surface area contributed by atoms with E-state index in [4.69, 9.17) is 9.47 Å². The van der Waals surface area contributed by atoms with Crippen molar-refractivity contribution in [3.8, 4) is 5.75 Å². The first kappa shape index (κ1) is 21.6. The van der Waals surface area contributed by atoms with Crippen molar-refractivity contribution in [1.29, 1.82) is 0 Å². The van der Waals surface area contributed by atoms with Crippen molar-refractivity contribution in [2.24, 2.45) is 0 Å². The number of rotatable bonds is 7. The summed E-state index contributed by atoms with van der Waals surface area (Å²) in [5.74, 6) is 1.68. The highest BCUT2D eigenvalue weighted by atomic mass is 19.1. The van der Waals surface area contributed by atoms with E-state index in [0.29, 0.717) is 31.9 Å². The van der Waals surface area contributed by atoms with E-state index in [9.17, 15) is 9.18 Å². The number of halogens is 1. The number of ketones is 1. The lowest BCUT2D eigenvalue weighted by molar-refractivity contribution is -0.117. The second kappa shape index (κ2) is 9.64. The van der Waals surface area contributed by atoms with Crippen LogP contribution in [0.4, 0.5) is 15.9 Å². The van der Waals surface area contributed by atoms with Crippen LogP contribution in [0.25, 0.3) is 0 Å². The highest BCUT2D eigenvalue weighted by molar-refractivity contribution is 5.76. The molecule has 2 aromatic rings. The molecule has 0 saturated carbocycles. The van der Waals surface area contributed by atoms with Gasteiger partial charge in [-0.05, 0) is 30.5 Å². The number of morpholine rings is 1. The lowest BCUT2D eigenvalue weighted by atomic mass is 9.96. The molecule has 6 nitrogen and oxygen atoms in total. The molecule has 2 fully saturated rings. The number of benzene rings is 1. The van der Waals surface area contributed by atoms with Crippen molar-refractivity contribution in [3.05, 3.63) is 47.9 Å². The fourth-order valence-corrected chi connectivity index (χ4v) is 4.28. The molecule has 0 unspecified atom stereocenters. The van der Waals surface area contributed by atoms with E-state index in [1.807, 2.05) is 35.2 Å². The molecule has 0 radical (unpaired) electrons. The Bertz CT molecular complexity index is 899. The predicted octanol–water partition coefficient (Wildman–Crippen LogP) is 3.80. The van der Waals surface area contributed by atoms with E-state index in [-0.39, 0.29) is 23.6 Å². The first-order valence-electron chi connectivity index (χ1n) is 11.0. The molecule has 1 aromatic heterocycles. The number of ether oxygens (including phenoxy) is 2. The smallest absolute Gasteiger partial charge is 0.164 e. The number of hydrogen-bond acceptors (Lipinski definition) is 6. The molecule has 3 heterocycles. The molecule has 4 rings (SSSR count). The fraction of sp³-hybridized carbons (Fsp3) is 0.500. The van der Waals surface area contributed by atoms with Crippen LogP contribution in [0, 0.1) is 5.82 Å². The zero-order valence-electron chi connectivity index (χ0n) is 18.2. The molecule has 0 spiro atoms. The van der Waals surface area contributed by atoms with Crippen LogP contribution < -0.4 is 14.5 Å². The molecule has 0 aliphatic carbocycles. The van der Waals surface area contributed by atoms with Crippen molar-refractivity contribution in [2.75, 3.05) is 49.2 Å². The van der Waals surface area contributed by atoms with Crippen LogP contribution in [-0.4, -0.2) is 56.3 Å². The van der Waals surface area contributed by atoms with Gasteiger partial charge in [-0.2, -0.15) is 0 Å². The lowest BCUT2D eigenvalue weighted by Crippen LogP contribution is -2.37. The third-order valence-electron chi connectivity index (χ3n) is 5.99. The SMILES string of the molecule is CC(=O)C[C@@H](C)c1ccc(O[C@@H]2CCN(c3cc(N4CCOCC4)ncc3F)C2)cc1. The molecular weight excluding hydrogens is 397 g/mol. The highest BCUT2D eigenvalue weighted by Gasteiger charge is 2.27. The Morgan fingerprint density at radius 1 is 1.23 bits per heavy atom. The van der Waals surface area contributed by atoms with Crippen LogP contribution in [-0.2, 0) is 9.53 Å². The quantitative estimate of drug-likeness (QED) is 0.670. The van der Waals surface area contributed by atoms with Crippen molar-refractivity contribution < 1.29 is 18.7 Å². The van der Waals surface area contributed by atoms with Crippen molar-refractivity contribution in [2.45, 2.75) is 38.7 Å². The summed E-state index contributed by atoms with van der Waals surface area (Å²) in [5.41, 5.74) is 1.71. The third kappa shape index (κ3) is 5.34. The molecule has 2 saturated heterocycles. The zero-order chi connectivity index (χ0) is 21.8. The molecule has 0 bridgehead atoms. The normalized spacial score (nSPS) is 20.0. The Kier molecular flexibility index (Phi) is 6.70. The van der Waals surface area contributed by atoms with Crippen molar-refractivity contribution in [1.82, 2.24) is 4.98 Å². The van der Waals surface area contributed by atoms with Gasteiger partial charge in [-0.25, -0.2) is 9.37 Å². The maximum absolute atomic E-state index is 14.5. The van der Waals surface area contributed by atoms with Gasteiger partial charge in [0.2, 0.25) is 0 Å². The van der Waals surface area contributed by atoms with Gasteiger partial charge in [0.1, 0.15) is 23.5 Å². The Morgan fingerprint density at radius 3 is 2.68 bits per heavy atom. The van der Waals surface area contributed by atoms with Gasteiger partial charge in [0.15, 0.2) is 5.82 Å². The van der Waals surface area contributed by atoms with E-state index in [2.05, 4.69) is 16.8 Å². The topological polar surface area (TPSA) is 54.9 Å². The summed E-state index contributed by atoms with van der Waals surface area (Å²) >= 11 is 0. The van der Waals surface area contributed by atoms with E-state index >= 15 is 0 Å². The Morgan fingerprint density at radius 2 is 1.97 bits per heavy atom. The molecule has 31 heavy (non-hydrogen) atoms. The third-order valence-corrected chi connectivity index (χ3v) is 5.99. The van der Waals surface area contributed by atoms with E-state index in [0.717, 1.165) is 43.2 Å². The van der Waals surface area contributed by atoms with E-state index in [1.54, 1.807) is 6.92 Å². The number of nitrogens with zero attached hydrogens (tertiary/aromatic N) is 3. The minimum Gasteiger partial charge on any atom is -0.489 e. The van der Waals surface area contributed by atoms with E-state index in [1.165, 1.54) is 6.20 Å². The lowest BCUT2D eigenvalue weighted by Gasteiger charge is -2.29. The number of carbonyl (C=O) groups is 1. The first-order valence-corrected chi connectivity index (χ1v) is 11.0. The number of anilines is 2. The molecule has 2 aliphatic heterocycles. The average molecular weight is 428 g/mol. The summed E-state index contributed by atoms with van der Waals surface area (Å²) in [5, 5.41) is 0. The second-order valence-corrected chi connectivity index (χ2v) is 8.44. The minimum absolute atomic E-state index is 0.0000972. The van der Waals surface area contributed by atoms with Crippen LogP contribution in [0.15, 0.2) is 36.5 Å². The first-order chi connectivity index (χ1) is 15.0. The fourth-order valence-electron chi connectivity index (χ4n) is 4.28. The second-order valence-electron chi connectivity index (χ2n) is 8.44. The number of hydrogen-bond donors (Lipinski definition) is 0. The molecule has 2 aliphatic rings. The minimum atomic E-state index is -0.304. The molecule has 1 aromatic carbocycles. The van der Waals surface area contributed by atoms with Gasteiger partial charge in [0.25, 0.3) is 0 Å². The molecule has 7 heteroatoms. The monoisotopic (exact) mass is 427 g/mol. The van der Waals surface area contributed by atoms with Gasteiger partial charge in [-0.3, -0.25) is 0 Å². The Labute approximate surface area is 183 Å². The summed E-state index contributed by atoms with van der Waals surface area (Å²) < 4.78 is 26.1. The van der Waals surface area contributed by atoms with E-state index < -0.39 is 0 Å². The number of pyridine rings is 1. The largest absolute Gasteiger partial charge is 0.489 e. The molecule has 0 N–H and O–H groups in total. The average Bonchev–Trinajstić information content (AvgIpc) is 3.23. The molecular formula is C24H30FN3O3. The standard InChI is InChI=1S/C24H30FN3O3/c1-17(13-18(2)29)19-3-5-20(6-4-19)31-21-7-8-28(16-21)23-14-24(26-15-22(23)25)27-9-11-30-12-10-27/h3-6,14-15,17,21H,7-13,16H2,1-2H3/t17-,21-/m1/s1. The van der Waals surface area contributed by atoms with Gasteiger partial charge in [-0.1, -0.05) is 19.1 Å². The summed E-state index contributed by atoms with van der Waals surface area (Å²) in [7, 11) is 0. The Hall–Kier alpha value is -2.67. The number of aromatic nitrogens is 1. The number of Topliss-reactive ketones (excluding diaryl/α,β-unsaturated/α-hetero) is 1. The van der Waals surface area contributed by atoms with Crippen LogP contribution in [0.1, 0.15) is 38.2 Å². The molecule has 166 valence electrons. The molecule has 0 amide bonds. The van der Waals surface area contributed by atoms with Gasteiger partial charge in [-0.15, -0.1) is 0 Å². The summed E-state index contributed by atoms with van der Waals surface area (Å²) in [6.07, 6.45) is 2.69. The van der Waals surface area contributed by atoms with Crippen molar-refractivity contribution >= 4 is 17.3 Å². The molecule has 2 atom stereocenters. The summed E-state index contributed by atoms with van der Waals surface area (Å²) in [4.78, 5) is 19.8. The maximum atomic E-state index is 14.5. The van der Waals surface area contributed by atoms with Crippen LogP contribution in [0.5, 0.6) is 5.75 Å². The predicted molar refractivity (Wildman–Crippen MR) is 119 cm³/mol. The number of carbonyl (C=O) groups excluding carboxylic acids is 1. The highest BCUT2D eigenvalue weighted by Crippen LogP contribution is 2.29. The Balaban J connectivity index is 1.38. The van der Waals surface area contributed by atoms with Crippen LogP contribution >= 0.6 is 0 Å². The van der Waals surface area contributed by atoms with Gasteiger partial charge < -0.3 is 24.1 Å². The maximum Gasteiger partial charge on any atom is 0.164 e. The van der Waals surface area contributed by atoms with Gasteiger partial charge in [0, 0.05) is 38.5 Å². The van der Waals surface area contributed by atoms with Crippen LogP contribution in [0.2, 0.25) is 0 Å². The van der Waals surface area contributed by atoms with Gasteiger partial charge >= 0.3 is 0 Å². The van der Waals surface area contributed by atoms with Gasteiger partial charge in [0.05, 0.1) is 31.6 Å². The van der Waals surface area contributed by atoms with Crippen LogP contribution in [0.3, 0.4) is 0 Å². The van der Waals surface area contributed by atoms with Crippen molar-refractivity contribution in [3.63, 3.8) is 0 Å².